The van der Waals surface area contributed by atoms with Gasteiger partial charge in [0.2, 0.25) is 0 Å². The fourth-order valence-electron chi connectivity index (χ4n) is 4.56. The molecule has 3 rings (SSSR count). The fraction of sp³-hybridized carbons (Fsp3) is 0.526. The van der Waals surface area contributed by atoms with Gasteiger partial charge < -0.3 is 5.11 Å². The van der Waals surface area contributed by atoms with Crippen molar-refractivity contribution in [2.24, 2.45) is 16.7 Å². The first-order valence-corrected chi connectivity index (χ1v) is 9.51. The number of aliphatic hydroxyl groups excluding tert-OH is 1. The van der Waals surface area contributed by atoms with Crippen molar-refractivity contribution < 1.29 is 14.1 Å². The Morgan fingerprint density at radius 2 is 2.04 bits per heavy atom. The van der Waals surface area contributed by atoms with E-state index in [1.165, 1.54) is 0 Å². The minimum Gasteiger partial charge on any atom is -0.392 e. The summed E-state index contributed by atoms with van der Waals surface area (Å²) in [6, 6.07) is 9.46. The summed E-state index contributed by atoms with van der Waals surface area (Å²) in [5.41, 5.74) is 0.514. The lowest BCUT2D eigenvalue weighted by molar-refractivity contribution is -0.104. The van der Waals surface area contributed by atoms with Crippen LogP contribution in [0.3, 0.4) is 0 Å². The standard InChI is InChI=1S/C19H24O3S/c1-18(2)15-8-9-19(18,17(21)11-15)13-23(22)16(12-20)10-14-6-4-3-5-7-14/h3-7,10,12,15,17,21H,8-9,11,13H2,1-2H3/b16-10+/t15-,17-,19-,23?/m1/s1. The van der Waals surface area contributed by atoms with E-state index < -0.39 is 16.9 Å². The number of benzene rings is 1. The highest BCUT2D eigenvalue weighted by molar-refractivity contribution is 7.90. The van der Waals surface area contributed by atoms with Crippen LogP contribution in [0.2, 0.25) is 0 Å². The van der Waals surface area contributed by atoms with Gasteiger partial charge in [-0.2, -0.15) is 0 Å². The monoisotopic (exact) mass is 332 g/mol. The van der Waals surface area contributed by atoms with Gasteiger partial charge in [-0.15, -0.1) is 0 Å². The Bertz CT molecular complexity index is 650. The maximum Gasteiger partial charge on any atom is 0.158 e. The third kappa shape index (κ3) is 2.62. The summed E-state index contributed by atoms with van der Waals surface area (Å²) in [5, 5.41) is 10.6. The summed E-state index contributed by atoms with van der Waals surface area (Å²) in [6.07, 6.45) is 4.75. The first-order chi connectivity index (χ1) is 10.9. The molecule has 0 saturated heterocycles. The average molecular weight is 332 g/mol. The summed E-state index contributed by atoms with van der Waals surface area (Å²) in [7, 11) is -1.39. The van der Waals surface area contributed by atoms with Gasteiger partial charge in [0, 0.05) is 11.2 Å². The summed E-state index contributed by atoms with van der Waals surface area (Å²) in [4.78, 5) is 11.8. The number of aliphatic hydroxyl groups is 1. The number of hydrogen-bond donors (Lipinski definition) is 1. The number of allylic oxidation sites excluding steroid dienone is 1. The predicted octanol–water partition coefficient (Wildman–Crippen LogP) is 3.16. The van der Waals surface area contributed by atoms with Gasteiger partial charge in [-0.1, -0.05) is 44.2 Å². The van der Waals surface area contributed by atoms with E-state index in [4.69, 9.17) is 0 Å². The van der Waals surface area contributed by atoms with Crippen LogP contribution in [-0.2, 0) is 15.6 Å². The van der Waals surface area contributed by atoms with Crippen molar-refractivity contribution in [2.45, 2.75) is 39.2 Å². The Morgan fingerprint density at radius 1 is 1.35 bits per heavy atom. The Labute approximate surface area is 140 Å². The van der Waals surface area contributed by atoms with Gasteiger partial charge in [0.1, 0.15) is 0 Å². The first-order valence-electron chi connectivity index (χ1n) is 8.19. The van der Waals surface area contributed by atoms with E-state index in [1.807, 2.05) is 30.3 Å². The molecule has 4 atom stereocenters. The molecular weight excluding hydrogens is 308 g/mol. The molecule has 0 amide bonds. The molecule has 2 saturated carbocycles. The van der Waals surface area contributed by atoms with Gasteiger partial charge in [0.05, 0.1) is 21.8 Å². The fourth-order valence-corrected chi connectivity index (χ4v) is 6.28. The third-order valence-electron chi connectivity index (χ3n) is 6.26. The molecule has 1 N–H and O–H groups in total. The topological polar surface area (TPSA) is 54.4 Å². The molecule has 0 spiro atoms. The van der Waals surface area contributed by atoms with Crippen LogP contribution in [0.15, 0.2) is 35.2 Å². The van der Waals surface area contributed by atoms with Crippen molar-refractivity contribution in [2.75, 3.05) is 5.75 Å². The molecule has 1 aromatic rings. The molecule has 0 radical (unpaired) electrons. The lowest BCUT2D eigenvalue weighted by Gasteiger charge is -2.40. The molecule has 1 unspecified atom stereocenters. The molecule has 2 bridgehead atoms. The molecular formula is C19H24O3S. The third-order valence-corrected chi connectivity index (χ3v) is 7.78. The zero-order valence-corrected chi connectivity index (χ0v) is 14.5. The van der Waals surface area contributed by atoms with E-state index in [0.29, 0.717) is 22.9 Å². The number of aldehydes is 1. The van der Waals surface area contributed by atoms with Crippen LogP contribution in [-0.4, -0.2) is 27.5 Å². The van der Waals surface area contributed by atoms with Crippen molar-refractivity contribution in [1.82, 2.24) is 0 Å². The second-order valence-electron chi connectivity index (χ2n) is 7.43. The van der Waals surface area contributed by atoms with Crippen LogP contribution in [0.1, 0.15) is 38.7 Å². The molecule has 1 aromatic carbocycles. The van der Waals surface area contributed by atoms with Gasteiger partial charge in [-0.05, 0) is 42.2 Å². The average Bonchev–Trinajstić information content (AvgIpc) is 2.88. The number of carbonyl (C=O) groups excluding carboxylic acids is 1. The van der Waals surface area contributed by atoms with Crippen molar-refractivity contribution in [3.8, 4) is 0 Å². The summed E-state index contributed by atoms with van der Waals surface area (Å²) >= 11 is 0. The van der Waals surface area contributed by atoms with E-state index in [1.54, 1.807) is 6.08 Å². The summed E-state index contributed by atoms with van der Waals surface area (Å²) in [6.45, 7) is 4.36. The van der Waals surface area contributed by atoms with E-state index >= 15 is 0 Å². The summed E-state index contributed by atoms with van der Waals surface area (Å²) in [5.74, 6) is 0.863. The molecule has 2 aliphatic carbocycles. The minimum atomic E-state index is -1.39. The van der Waals surface area contributed by atoms with Gasteiger partial charge >= 0.3 is 0 Å². The van der Waals surface area contributed by atoms with Gasteiger partial charge in [0.15, 0.2) is 6.29 Å². The minimum absolute atomic E-state index is 0.0250. The van der Waals surface area contributed by atoms with Crippen LogP contribution in [0, 0.1) is 16.7 Å². The van der Waals surface area contributed by atoms with Crippen molar-refractivity contribution in [3.05, 3.63) is 40.8 Å². The van der Waals surface area contributed by atoms with E-state index in [9.17, 15) is 14.1 Å². The maximum atomic E-state index is 12.9. The SMILES string of the molecule is CC1(C)[C@@H]2CC[C@@]1(CS(=O)/C(C=O)=C/c1ccccc1)[C@H](O)C2. The van der Waals surface area contributed by atoms with Gasteiger partial charge in [-0.3, -0.25) is 9.00 Å². The van der Waals surface area contributed by atoms with Crippen LogP contribution in [0.5, 0.6) is 0 Å². The molecule has 0 aliphatic heterocycles. The maximum absolute atomic E-state index is 12.9. The second-order valence-corrected chi connectivity index (χ2v) is 8.88. The molecule has 2 fully saturated rings. The molecule has 4 heteroatoms. The number of rotatable bonds is 5. The molecule has 3 nitrogen and oxygen atoms in total. The van der Waals surface area contributed by atoms with E-state index in [0.717, 1.165) is 24.8 Å². The number of hydrogen-bond acceptors (Lipinski definition) is 3. The van der Waals surface area contributed by atoms with Crippen LogP contribution >= 0.6 is 0 Å². The van der Waals surface area contributed by atoms with Crippen molar-refractivity contribution in [1.29, 1.82) is 0 Å². The highest BCUT2D eigenvalue weighted by Crippen LogP contribution is 2.66. The van der Waals surface area contributed by atoms with Gasteiger partial charge in [-0.25, -0.2) is 0 Å². The smallest absolute Gasteiger partial charge is 0.158 e. The first kappa shape index (κ1) is 16.6. The van der Waals surface area contributed by atoms with Gasteiger partial charge in [0.25, 0.3) is 0 Å². The largest absolute Gasteiger partial charge is 0.392 e. The van der Waals surface area contributed by atoms with Crippen LogP contribution < -0.4 is 0 Å². The molecule has 0 aromatic heterocycles. The predicted molar refractivity (Wildman–Crippen MR) is 93.1 cm³/mol. The van der Waals surface area contributed by atoms with Crippen molar-refractivity contribution in [3.63, 3.8) is 0 Å². The number of fused-ring (bicyclic) bond motifs is 2. The Hall–Kier alpha value is -1.26. The molecule has 2 aliphatic rings. The van der Waals surface area contributed by atoms with E-state index in [-0.39, 0.29) is 10.8 Å². The molecule has 0 heterocycles. The normalized spacial score (nSPS) is 33.6. The Kier molecular flexibility index (Phi) is 4.32. The lowest BCUT2D eigenvalue weighted by atomic mass is 9.70. The molecule has 124 valence electrons. The van der Waals surface area contributed by atoms with Crippen LogP contribution in [0.4, 0.5) is 0 Å². The summed E-state index contributed by atoms with van der Waals surface area (Å²) < 4.78 is 12.9. The highest BCUT2D eigenvalue weighted by atomic mass is 32.2. The quantitative estimate of drug-likeness (QED) is 0.665. The van der Waals surface area contributed by atoms with E-state index in [2.05, 4.69) is 13.8 Å². The highest BCUT2D eigenvalue weighted by Gasteiger charge is 2.64. The van der Waals surface area contributed by atoms with Crippen LogP contribution in [0.25, 0.3) is 6.08 Å². The zero-order chi connectivity index (χ0) is 16.7. The lowest BCUT2D eigenvalue weighted by Crippen LogP contribution is -2.43. The Morgan fingerprint density at radius 3 is 2.57 bits per heavy atom. The zero-order valence-electron chi connectivity index (χ0n) is 13.7. The van der Waals surface area contributed by atoms with Crippen molar-refractivity contribution >= 4 is 23.2 Å². The second kappa shape index (κ2) is 5.99. The number of carbonyl (C=O) groups is 1. The molecule has 23 heavy (non-hydrogen) atoms. The Balaban J connectivity index is 1.86.